The molecule has 6 heteroatoms. The van der Waals surface area contributed by atoms with Gasteiger partial charge in [0.2, 0.25) is 0 Å². The molecule has 0 radical (unpaired) electrons. The summed E-state index contributed by atoms with van der Waals surface area (Å²) in [4.78, 5) is 4.02. The number of rotatable bonds is 4. The van der Waals surface area contributed by atoms with Gasteiger partial charge in [0.05, 0.1) is 0 Å². The Morgan fingerprint density at radius 1 is 1.42 bits per heavy atom. The zero-order valence-electron chi connectivity index (χ0n) is 11.4. The number of hydrogen-bond donors (Lipinski definition) is 0. The van der Waals surface area contributed by atoms with Crippen LogP contribution in [0.5, 0.6) is 0 Å². The van der Waals surface area contributed by atoms with E-state index in [4.69, 9.17) is 0 Å². The lowest BCUT2D eigenvalue weighted by molar-refractivity contribution is 0.0763. The molecular weight excluding hydrogens is 328 g/mol. The number of nitrogens with zero attached hydrogens (tertiary/aromatic N) is 2. The molecule has 1 aromatic rings. The molecule has 1 aliphatic carbocycles. The normalized spacial score (nSPS) is 19.4. The molecule has 0 unspecified atom stereocenters. The van der Waals surface area contributed by atoms with Gasteiger partial charge in [-0.05, 0) is 46.3 Å². The fourth-order valence-corrected chi connectivity index (χ4v) is 4.46. The van der Waals surface area contributed by atoms with Crippen molar-refractivity contribution in [1.82, 2.24) is 9.29 Å². The Kier molecular flexibility index (Phi) is 4.05. The maximum absolute atomic E-state index is 12.6. The van der Waals surface area contributed by atoms with Crippen LogP contribution < -0.4 is 0 Å². The summed E-state index contributed by atoms with van der Waals surface area (Å²) >= 11 is 3.26. The average Bonchev–Trinajstić information content (AvgIpc) is 2.27. The largest absolute Gasteiger partial charge is 0.260 e. The van der Waals surface area contributed by atoms with Crippen LogP contribution in [0, 0.1) is 5.41 Å². The lowest BCUT2D eigenvalue weighted by atomic mass is 9.68. The van der Waals surface area contributed by atoms with Crippen LogP contribution in [0.15, 0.2) is 27.8 Å². The van der Waals surface area contributed by atoms with Crippen LogP contribution in [0.4, 0.5) is 0 Å². The molecule has 19 heavy (non-hydrogen) atoms. The number of hydrogen-bond acceptors (Lipinski definition) is 3. The van der Waals surface area contributed by atoms with Crippen LogP contribution in [-0.2, 0) is 10.0 Å². The minimum absolute atomic E-state index is 0.107. The van der Waals surface area contributed by atoms with E-state index in [2.05, 4.69) is 34.8 Å². The van der Waals surface area contributed by atoms with Crippen LogP contribution in [0.3, 0.4) is 0 Å². The Morgan fingerprint density at radius 2 is 2.05 bits per heavy atom. The Labute approximate surface area is 123 Å². The molecule has 1 fully saturated rings. The molecule has 2 rings (SSSR count). The van der Waals surface area contributed by atoms with E-state index in [1.165, 1.54) is 6.20 Å². The van der Waals surface area contributed by atoms with Crippen molar-refractivity contribution in [3.05, 3.63) is 22.8 Å². The molecule has 1 aliphatic rings. The van der Waals surface area contributed by atoms with Crippen molar-refractivity contribution in [2.45, 2.75) is 44.7 Å². The molecule has 0 amide bonds. The first-order valence-electron chi connectivity index (χ1n) is 6.40. The van der Waals surface area contributed by atoms with Gasteiger partial charge in [-0.1, -0.05) is 20.8 Å². The topological polar surface area (TPSA) is 50.3 Å². The van der Waals surface area contributed by atoms with Gasteiger partial charge >= 0.3 is 0 Å². The number of halogens is 1. The molecule has 0 N–H and O–H groups in total. The van der Waals surface area contributed by atoms with Gasteiger partial charge in [0.1, 0.15) is 0 Å². The van der Waals surface area contributed by atoms with Gasteiger partial charge in [-0.3, -0.25) is 0 Å². The summed E-state index contributed by atoms with van der Waals surface area (Å²) in [6, 6.07) is 3.36. The van der Waals surface area contributed by atoms with Crippen LogP contribution in [0.1, 0.15) is 33.6 Å². The Morgan fingerprint density at radius 3 is 2.47 bits per heavy atom. The molecule has 0 atom stereocenters. The number of aromatic nitrogens is 1. The summed E-state index contributed by atoms with van der Waals surface area (Å²) in [5, 5.41) is 0.127. The van der Waals surface area contributed by atoms with Crippen LogP contribution in [-0.4, -0.2) is 30.3 Å². The molecule has 0 aliphatic heterocycles. The highest BCUT2D eigenvalue weighted by molar-refractivity contribution is 9.10. The molecule has 0 saturated heterocycles. The minimum Gasteiger partial charge on any atom is -0.242 e. The summed E-state index contributed by atoms with van der Waals surface area (Å²) in [6.07, 6.45) is 3.35. The average molecular weight is 347 g/mol. The zero-order chi connectivity index (χ0) is 14.3. The summed E-state index contributed by atoms with van der Waals surface area (Å²) in [6.45, 7) is 6.70. The molecule has 0 spiro atoms. The third kappa shape index (κ3) is 3.01. The van der Waals surface area contributed by atoms with Gasteiger partial charge < -0.3 is 0 Å². The van der Waals surface area contributed by atoms with E-state index in [1.54, 1.807) is 16.4 Å². The maximum atomic E-state index is 12.6. The molecule has 106 valence electrons. The van der Waals surface area contributed by atoms with Gasteiger partial charge in [0.25, 0.3) is 10.0 Å². The highest BCUT2D eigenvalue weighted by atomic mass is 79.9. The Bertz CT molecular complexity index is 547. The van der Waals surface area contributed by atoms with Gasteiger partial charge in [-0.15, -0.1) is 0 Å². The maximum Gasteiger partial charge on any atom is 0.260 e. The van der Waals surface area contributed by atoms with E-state index in [1.807, 2.05) is 6.92 Å². The highest BCUT2D eigenvalue weighted by Gasteiger charge is 2.43. The quantitative estimate of drug-likeness (QED) is 0.841. The van der Waals surface area contributed by atoms with E-state index in [-0.39, 0.29) is 16.5 Å². The Balaban J connectivity index is 2.24. The number of sulfonamides is 1. The first-order chi connectivity index (χ1) is 8.76. The lowest BCUT2D eigenvalue weighted by Gasteiger charge is -2.47. The third-order valence-corrected chi connectivity index (χ3v) is 5.98. The first-order valence-corrected chi connectivity index (χ1v) is 8.63. The summed E-state index contributed by atoms with van der Waals surface area (Å²) < 4.78 is 27.5. The highest BCUT2D eigenvalue weighted by Crippen LogP contribution is 2.44. The summed E-state index contributed by atoms with van der Waals surface area (Å²) in [7, 11) is -3.48. The summed E-state index contributed by atoms with van der Waals surface area (Å²) in [5.74, 6) is 0. The van der Waals surface area contributed by atoms with Crippen molar-refractivity contribution in [2.24, 2.45) is 5.41 Å². The minimum atomic E-state index is -3.48. The van der Waals surface area contributed by atoms with Crippen LogP contribution in [0.2, 0.25) is 0 Å². The second kappa shape index (κ2) is 5.14. The fraction of sp³-hybridized carbons (Fsp3) is 0.615. The standard InChI is InChI=1S/C13H19BrN2O2S/c1-4-16(11-7-13(2,3)8-11)19(17,18)12-6-5-10(14)9-15-12/h5-6,9,11H,4,7-8H2,1-3H3. The second-order valence-electron chi connectivity index (χ2n) is 5.75. The van der Waals surface area contributed by atoms with Crippen molar-refractivity contribution in [3.63, 3.8) is 0 Å². The predicted molar refractivity (Wildman–Crippen MR) is 78.3 cm³/mol. The van der Waals surface area contributed by atoms with Crippen LogP contribution in [0.25, 0.3) is 0 Å². The van der Waals surface area contributed by atoms with Crippen molar-refractivity contribution >= 4 is 26.0 Å². The van der Waals surface area contributed by atoms with Crippen molar-refractivity contribution in [3.8, 4) is 0 Å². The van der Waals surface area contributed by atoms with E-state index >= 15 is 0 Å². The van der Waals surface area contributed by atoms with Gasteiger partial charge in [-0.25, -0.2) is 13.4 Å². The lowest BCUT2D eigenvalue weighted by Crippen LogP contribution is -2.50. The van der Waals surface area contributed by atoms with Crippen LogP contribution >= 0.6 is 15.9 Å². The van der Waals surface area contributed by atoms with Gasteiger partial charge in [0.15, 0.2) is 5.03 Å². The first kappa shape index (κ1) is 14.9. The summed E-state index contributed by atoms with van der Waals surface area (Å²) in [5.41, 5.74) is 0.251. The van der Waals surface area contributed by atoms with Crippen molar-refractivity contribution < 1.29 is 8.42 Å². The molecular formula is C13H19BrN2O2S. The molecule has 1 heterocycles. The Hall–Kier alpha value is -0.460. The second-order valence-corrected chi connectivity index (χ2v) is 8.50. The fourth-order valence-electron chi connectivity index (χ4n) is 2.68. The van der Waals surface area contributed by atoms with E-state index in [0.29, 0.717) is 6.54 Å². The van der Waals surface area contributed by atoms with Crippen molar-refractivity contribution in [2.75, 3.05) is 6.54 Å². The third-order valence-electron chi connectivity index (χ3n) is 3.57. The van der Waals surface area contributed by atoms with E-state index in [0.717, 1.165) is 17.3 Å². The smallest absolute Gasteiger partial charge is 0.242 e. The SMILES string of the molecule is CCN(C1CC(C)(C)C1)S(=O)(=O)c1ccc(Br)cn1. The zero-order valence-corrected chi connectivity index (χ0v) is 13.8. The monoisotopic (exact) mass is 346 g/mol. The van der Waals surface area contributed by atoms with Gasteiger partial charge in [0, 0.05) is 23.3 Å². The molecule has 1 saturated carbocycles. The van der Waals surface area contributed by atoms with Crippen molar-refractivity contribution in [1.29, 1.82) is 0 Å². The van der Waals surface area contributed by atoms with Gasteiger partial charge in [-0.2, -0.15) is 4.31 Å². The number of pyridine rings is 1. The molecule has 1 aromatic heterocycles. The van der Waals surface area contributed by atoms with E-state index < -0.39 is 10.0 Å². The van der Waals surface area contributed by atoms with E-state index in [9.17, 15) is 8.42 Å². The molecule has 0 aromatic carbocycles. The molecule has 4 nitrogen and oxygen atoms in total. The predicted octanol–water partition coefficient (Wildman–Crippen LogP) is 3.04. The molecule has 0 bridgehead atoms.